The van der Waals surface area contributed by atoms with Crippen molar-refractivity contribution in [2.45, 2.75) is 32.9 Å². The molecule has 0 radical (unpaired) electrons. The molecule has 0 bridgehead atoms. The minimum Gasteiger partial charge on any atom is -0.454 e. The number of anilines is 1. The number of fused-ring (bicyclic) bond motifs is 1. The molecular weight excluding hydrogens is 526 g/mol. The molecule has 1 aliphatic rings. The van der Waals surface area contributed by atoms with Crippen LogP contribution in [0.15, 0.2) is 46.9 Å². The molecule has 2 amide bonds. The van der Waals surface area contributed by atoms with Crippen molar-refractivity contribution < 1.29 is 27.5 Å². The summed E-state index contributed by atoms with van der Waals surface area (Å²) in [5.41, 5.74) is 1.08. The monoisotopic (exact) mass is 553 g/mol. The van der Waals surface area contributed by atoms with Gasteiger partial charge in [0.1, 0.15) is 12.6 Å². The molecule has 2 aromatic rings. The Labute approximate surface area is 208 Å². The number of benzene rings is 2. The van der Waals surface area contributed by atoms with Crippen LogP contribution in [0.4, 0.5) is 5.69 Å². The smallest absolute Gasteiger partial charge is 0.244 e. The predicted octanol–water partition coefficient (Wildman–Crippen LogP) is 2.89. The van der Waals surface area contributed by atoms with Crippen LogP contribution in [0.2, 0.25) is 0 Å². The van der Waals surface area contributed by atoms with E-state index in [2.05, 4.69) is 21.2 Å². The van der Waals surface area contributed by atoms with Gasteiger partial charge >= 0.3 is 0 Å². The van der Waals surface area contributed by atoms with E-state index in [0.717, 1.165) is 27.0 Å². The summed E-state index contributed by atoms with van der Waals surface area (Å²) in [6.07, 6.45) is 1.78. The van der Waals surface area contributed by atoms with Gasteiger partial charge in [-0.1, -0.05) is 35.0 Å². The molecular formula is C23H28BrN3O6S. The lowest BCUT2D eigenvalue weighted by molar-refractivity contribution is -0.139. The van der Waals surface area contributed by atoms with Crippen molar-refractivity contribution in [2.24, 2.45) is 0 Å². The van der Waals surface area contributed by atoms with E-state index in [1.165, 1.54) is 11.0 Å². The molecule has 0 saturated carbocycles. The molecule has 1 atom stereocenters. The maximum absolute atomic E-state index is 13.5. The lowest BCUT2D eigenvalue weighted by Gasteiger charge is -2.31. The number of hydrogen-bond acceptors (Lipinski definition) is 6. The van der Waals surface area contributed by atoms with Gasteiger partial charge in [-0.2, -0.15) is 0 Å². The van der Waals surface area contributed by atoms with Crippen LogP contribution in [-0.2, 0) is 26.2 Å². The fourth-order valence-electron chi connectivity index (χ4n) is 3.42. The maximum atomic E-state index is 13.5. The van der Waals surface area contributed by atoms with Crippen LogP contribution in [-0.4, -0.2) is 57.3 Å². The molecule has 0 aliphatic carbocycles. The second-order valence-electron chi connectivity index (χ2n) is 7.92. The van der Waals surface area contributed by atoms with E-state index in [4.69, 9.17) is 9.47 Å². The SMILES string of the molecule is CCCNC(=O)[C@@H](C)N(Cc1ccc(Br)cc1)C(=O)CN(c1ccc2c(c1)OCO2)S(C)(=O)=O. The molecule has 1 heterocycles. The number of rotatable bonds is 10. The third-order valence-corrected chi connectivity index (χ3v) is 6.98. The summed E-state index contributed by atoms with van der Waals surface area (Å²) in [5, 5.41) is 2.80. The zero-order valence-electron chi connectivity index (χ0n) is 19.3. The summed E-state index contributed by atoms with van der Waals surface area (Å²) in [6, 6.07) is 11.2. The van der Waals surface area contributed by atoms with Crippen LogP contribution in [0.5, 0.6) is 11.5 Å². The standard InChI is InChI=1S/C23H28BrN3O6S/c1-4-11-25-23(29)16(2)26(13-17-5-7-18(24)8-6-17)22(28)14-27(34(3,30)31)19-9-10-20-21(12-19)33-15-32-20/h5-10,12,16H,4,11,13-15H2,1-3H3,(H,25,29)/t16-/m1/s1. The van der Waals surface area contributed by atoms with Crippen molar-refractivity contribution >= 4 is 43.5 Å². The molecule has 0 unspecified atom stereocenters. The van der Waals surface area contributed by atoms with Gasteiger partial charge < -0.3 is 19.7 Å². The van der Waals surface area contributed by atoms with Crippen LogP contribution >= 0.6 is 15.9 Å². The topological polar surface area (TPSA) is 105 Å². The third kappa shape index (κ3) is 6.41. The number of sulfonamides is 1. The minimum absolute atomic E-state index is 0.0436. The van der Waals surface area contributed by atoms with Gasteiger partial charge in [-0.3, -0.25) is 13.9 Å². The Kier molecular flexibility index (Phi) is 8.42. The van der Waals surface area contributed by atoms with Gasteiger partial charge in [0.2, 0.25) is 28.6 Å². The lowest BCUT2D eigenvalue weighted by Crippen LogP contribution is -2.51. The normalized spacial score (nSPS) is 13.3. The van der Waals surface area contributed by atoms with Gasteiger partial charge in [0.15, 0.2) is 11.5 Å². The largest absolute Gasteiger partial charge is 0.454 e. The fourth-order valence-corrected chi connectivity index (χ4v) is 4.52. The van der Waals surface area contributed by atoms with Crippen molar-refractivity contribution in [1.29, 1.82) is 0 Å². The maximum Gasteiger partial charge on any atom is 0.244 e. The Morgan fingerprint density at radius 1 is 1.12 bits per heavy atom. The van der Waals surface area contributed by atoms with Crippen molar-refractivity contribution in [2.75, 3.05) is 30.4 Å². The molecule has 0 spiro atoms. The minimum atomic E-state index is -3.82. The van der Waals surface area contributed by atoms with Crippen LogP contribution in [0, 0.1) is 0 Å². The van der Waals surface area contributed by atoms with E-state index in [0.29, 0.717) is 18.0 Å². The van der Waals surface area contributed by atoms with E-state index in [-0.39, 0.29) is 24.9 Å². The summed E-state index contributed by atoms with van der Waals surface area (Å²) in [7, 11) is -3.82. The molecule has 2 aromatic carbocycles. The third-order valence-electron chi connectivity index (χ3n) is 5.31. The lowest BCUT2D eigenvalue weighted by atomic mass is 10.1. The molecule has 9 nitrogen and oxygen atoms in total. The average Bonchev–Trinajstić information content (AvgIpc) is 3.27. The van der Waals surface area contributed by atoms with E-state index in [1.54, 1.807) is 19.1 Å². The number of amides is 2. The first-order valence-corrected chi connectivity index (χ1v) is 13.4. The fraction of sp³-hybridized carbons (Fsp3) is 0.391. The quantitative estimate of drug-likeness (QED) is 0.485. The summed E-state index contributed by atoms with van der Waals surface area (Å²) in [5.74, 6) is 0.0886. The number of carbonyl (C=O) groups excluding carboxylic acids is 2. The first-order chi connectivity index (χ1) is 16.1. The molecule has 1 N–H and O–H groups in total. The zero-order chi connectivity index (χ0) is 24.9. The van der Waals surface area contributed by atoms with Crippen molar-refractivity contribution in [3.63, 3.8) is 0 Å². The van der Waals surface area contributed by atoms with E-state index in [1.807, 2.05) is 31.2 Å². The van der Waals surface area contributed by atoms with Gasteiger partial charge in [-0.15, -0.1) is 0 Å². The number of nitrogens with one attached hydrogen (secondary N) is 1. The van der Waals surface area contributed by atoms with Crippen LogP contribution in [0.3, 0.4) is 0 Å². The Balaban J connectivity index is 1.89. The second-order valence-corrected chi connectivity index (χ2v) is 10.7. The summed E-state index contributed by atoms with van der Waals surface area (Å²) in [6.45, 7) is 3.77. The molecule has 0 aromatic heterocycles. The van der Waals surface area contributed by atoms with Gasteiger partial charge in [-0.25, -0.2) is 8.42 Å². The highest BCUT2D eigenvalue weighted by Gasteiger charge is 2.30. The number of halogens is 1. The van der Waals surface area contributed by atoms with Crippen molar-refractivity contribution in [3.8, 4) is 11.5 Å². The van der Waals surface area contributed by atoms with Crippen LogP contribution in [0.1, 0.15) is 25.8 Å². The van der Waals surface area contributed by atoms with Crippen LogP contribution < -0.4 is 19.1 Å². The molecule has 3 rings (SSSR count). The van der Waals surface area contributed by atoms with Gasteiger partial charge in [-0.05, 0) is 43.2 Å². The first kappa shape index (κ1) is 25.8. The number of ether oxygens (including phenoxy) is 2. The molecule has 34 heavy (non-hydrogen) atoms. The molecule has 0 fully saturated rings. The summed E-state index contributed by atoms with van der Waals surface area (Å²) in [4.78, 5) is 27.6. The molecule has 11 heteroatoms. The van der Waals surface area contributed by atoms with Gasteiger partial charge in [0.05, 0.1) is 11.9 Å². The second kappa shape index (κ2) is 11.1. The van der Waals surface area contributed by atoms with Crippen LogP contribution in [0.25, 0.3) is 0 Å². The Hall–Kier alpha value is -2.79. The average molecular weight is 554 g/mol. The van der Waals surface area contributed by atoms with Gasteiger partial charge in [0.25, 0.3) is 0 Å². The number of carbonyl (C=O) groups is 2. The van der Waals surface area contributed by atoms with Crippen molar-refractivity contribution in [3.05, 3.63) is 52.5 Å². The predicted molar refractivity (Wildman–Crippen MR) is 132 cm³/mol. The Morgan fingerprint density at radius 2 is 1.79 bits per heavy atom. The summed E-state index contributed by atoms with van der Waals surface area (Å²) >= 11 is 3.39. The highest BCUT2D eigenvalue weighted by Crippen LogP contribution is 2.36. The van der Waals surface area contributed by atoms with Gasteiger partial charge in [0, 0.05) is 23.6 Å². The Bertz CT molecular complexity index is 1140. The molecule has 184 valence electrons. The van der Waals surface area contributed by atoms with E-state index in [9.17, 15) is 18.0 Å². The first-order valence-electron chi connectivity index (χ1n) is 10.8. The Morgan fingerprint density at radius 3 is 2.44 bits per heavy atom. The van der Waals surface area contributed by atoms with E-state index >= 15 is 0 Å². The van der Waals surface area contributed by atoms with E-state index < -0.39 is 28.5 Å². The highest BCUT2D eigenvalue weighted by atomic mass is 79.9. The molecule has 1 aliphatic heterocycles. The van der Waals surface area contributed by atoms with Crippen molar-refractivity contribution in [1.82, 2.24) is 10.2 Å². The zero-order valence-corrected chi connectivity index (χ0v) is 21.7. The molecule has 0 saturated heterocycles. The number of hydrogen-bond donors (Lipinski definition) is 1. The summed E-state index contributed by atoms with van der Waals surface area (Å²) < 4.78 is 37.8. The number of nitrogens with zero attached hydrogens (tertiary/aromatic N) is 2. The highest BCUT2D eigenvalue weighted by molar-refractivity contribution is 9.10.